The third-order valence-electron chi connectivity index (χ3n) is 5.03. The van der Waals surface area contributed by atoms with Crippen molar-refractivity contribution in [3.05, 3.63) is 23.5 Å². The summed E-state index contributed by atoms with van der Waals surface area (Å²) in [6.07, 6.45) is 3.25. The smallest absolute Gasteiger partial charge is 0.306 e. The quantitative estimate of drug-likeness (QED) is 0.728. The van der Waals surface area contributed by atoms with Crippen LogP contribution in [0.25, 0.3) is 11.4 Å². The lowest BCUT2D eigenvalue weighted by atomic mass is 10.0. The SMILES string of the molecule is Cc1nc(-c2nnn(C)c2CN)ccc1OC1CCC(CC(=O)OC(C)C)C1. The molecule has 0 spiro atoms. The van der Waals surface area contributed by atoms with Gasteiger partial charge in [0, 0.05) is 20.0 Å². The first kappa shape index (κ1) is 20.3. The summed E-state index contributed by atoms with van der Waals surface area (Å²) in [5, 5.41) is 8.20. The molecule has 1 fully saturated rings. The summed E-state index contributed by atoms with van der Waals surface area (Å²) in [7, 11) is 1.82. The van der Waals surface area contributed by atoms with Crippen LogP contribution in [0, 0.1) is 12.8 Å². The van der Waals surface area contributed by atoms with Gasteiger partial charge in [0.2, 0.25) is 0 Å². The highest BCUT2D eigenvalue weighted by atomic mass is 16.5. The molecule has 1 aliphatic rings. The Hall–Kier alpha value is -2.48. The largest absolute Gasteiger partial charge is 0.489 e. The van der Waals surface area contributed by atoms with Crippen molar-refractivity contribution in [3.8, 4) is 17.1 Å². The van der Waals surface area contributed by atoms with Crippen molar-refractivity contribution in [3.63, 3.8) is 0 Å². The highest BCUT2D eigenvalue weighted by Crippen LogP contribution is 2.33. The van der Waals surface area contributed by atoms with Gasteiger partial charge in [-0.2, -0.15) is 0 Å². The summed E-state index contributed by atoms with van der Waals surface area (Å²) in [4.78, 5) is 16.5. The van der Waals surface area contributed by atoms with Crippen LogP contribution in [0.5, 0.6) is 5.75 Å². The molecule has 0 radical (unpaired) electrons. The molecule has 2 heterocycles. The monoisotopic (exact) mass is 387 g/mol. The molecule has 8 nitrogen and oxygen atoms in total. The third-order valence-corrected chi connectivity index (χ3v) is 5.03. The number of pyridine rings is 1. The molecule has 2 unspecified atom stereocenters. The Bertz CT molecular complexity index is 833. The summed E-state index contributed by atoms with van der Waals surface area (Å²) < 4.78 is 13.1. The van der Waals surface area contributed by atoms with Gasteiger partial charge in [-0.15, -0.1) is 5.10 Å². The number of aryl methyl sites for hydroxylation is 2. The zero-order valence-corrected chi connectivity index (χ0v) is 17.0. The number of hydrogen-bond acceptors (Lipinski definition) is 7. The second-order valence-electron chi connectivity index (χ2n) is 7.65. The highest BCUT2D eigenvalue weighted by Gasteiger charge is 2.29. The van der Waals surface area contributed by atoms with Gasteiger partial charge in [-0.1, -0.05) is 5.21 Å². The van der Waals surface area contributed by atoms with E-state index in [-0.39, 0.29) is 18.2 Å². The summed E-state index contributed by atoms with van der Waals surface area (Å²) in [6, 6.07) is 3.81. The van der Waals surface area contributed by atoms with Gasteiger partial charge in [0.25, 0.3) is 0 Å². The molecule has 2 atom stereocenters. The number of nitrogens with zero attached hydrogens (tertiary/aromatic N) is 4. The van der Waals surface area contributed by atoms with Crippen LogP contribution in [0.2, 0.25) is 0 Å². The Morgan fingerprint density at radius 1 is 1.36 bits per heavy atom. The van der Waals surface area contributed by atoms with Crippen LogP contribution >= 0.6 is 0 Å². The molecule has 0 aliphatic heterocycles. The number of nitrogens with two attached hydrogens (primary N) is 1. The average molecular weight is 387 g/mol. The Labute approximate surface area is 165 Å². The first-order valence-corrected chi connectivity index (χ1v) is 9.80. The maximum absolute atomic E-state index is 11.9. The fourth-order valence-electron chi connectivity index (χ4n) is 3.66. The fourth-order valence-corrected chi connectivity index (χ4v) is 3.66. The van der Waals surface area contributed by atoms with E-state index in [1.165, 1.54) is 0 Å². The zero-order chi connectivity index (χ0) is 20.3. The van der Waals surface area contributed by atoms with Crippen LogP contribution in [0.3, 0.4) is 0 Å². The molecule has 8 heteroatoms. The maximum Gasteiger partial charge on any atom is 0.306 e. The number of carbonyl (C=O) groups excluding carboxylic acids is 1. The molecule has 0 aromatic carbocycles. The highest BCUT2D eigenvalue weighted by molar-refractivity contribution is 5.69. The number of carbonyl (C=O) groups is 1. The minimum Gasteiger partial charge on any atom is -0.489 e. The summed E-state index contributed by atoms with van der Waals surface area (Å²) in [6.45, 7) is 6.01. The van der Waals surface area contributed by atoms with Crippen molar-refractivity contribution >= 4 is 5.97 Å². The minimum absolute atomic E-state index is 0.0673. The molecule has 28 heavy (non-hydrogen) atoms. The normalized spacial score (nSPS) is 19.2. The second-order valence-corrected chi connectivity index (χ2v) is 7.65. The summed E-state index contributed by atoms with van der Waals surface area (Å²) >= 11 is 0. The standard InChI is InChI=1S/C20H29N5O3/c1-12(2)27-19(26)10-14-5-6-15(9-14)28-18-8-7-16(22-13(18)3)20-17(11-21)25(4)24-23-20/h7-8,12,14-15H,5-6,9-11,21H2,1-4H3. The summed E-state index contributed by atoms with van der Waals surface area (Å²) in [5.41, 5.74) is 8.87. The molecule has 1 saturated carbocycles. The van der Waals surface area contributed by atoms with E-state index in [1.54, 1.807) is 4.68 Å². The lowest BCUT2D eigenvalue weighted by molar-refractivity contribution is -0.148. The summed E-state index contributed by atoms with van der Waals surface area (Å²) in [5.74, 6) is 0.954. The van der Waals surface area contributed by atoms with Crippen molar-refractivity contribution in [2.75, 3.05) is 0 Å². The number of hydrogen-bond donors (Lipinski definition) is 1. The molecular formula is C20H29N5O3. The molecule has 0 amide bonds. The fraction of sp³-hybridized carbons (Fsp3) is 0.600. The van der Waals surface area contributed by atoms with Gasteiger partial charge in [0.15, 0.2) is 0 Å². The molecule has 2 aromatic rings. The Kier molecular flexibility index (Phi) is 6.28. The first-order valence-electron chi connectivity index (χ1n) is 9.80. The molecular weight excluding hydrogens is 358 g/mol. The van der Waals surface area contributed by atoms with E-state index in [9.17, 15) is 4.79 Å². The third kappa shape index (κ3) is 4.67. The molecule has 152 valence electrons. The van der Waals surface area contributed by atoms with Crippen LogP contribution in [0.15, 0.2) is 12.1 Å². The van der Waals surface area contributed by atoms with E-state index < -0.39 is 0 Å². The van der Waals surface area contributed by atoms with Crippen LogP contribution < -0.4 is 10.5 Å². The zero-order valence-electron chi connectivity index (χ0n) is 17.0. The molecule has 3 rings (SSSR count). The van der Waals surface area contributed by atoms with Crippen molar-refractivity contribution in [2.24, 2.45) is 18.7 Å². The first-order chi connectivity index (χ1) is 13.4. The lowest BCUT2D eigenvalue weighted by Crippen LogP contribution is -2.16. The van der Waals surface area contributed by atoms with Crippen LogP contribution in [0.4, 0.5) is 0 Å². The van der Waals surface area contributed by atoms with E-state index in [1.807, 2.05) is 40.0 Å². The Balaban J connectivity index is 1.62. The Morgan fingerprint density at radius 3 is 2.82 bits per heavy atom. The topological polar surface area (TPSA) is 105 Å². The maximum atomic E-state index is 11.9. The van der Waals surface area contributed by atoms with Gasteiger partial charge in [-0.25, -0.2) is 4.98 Å². The van der Waals surface area contributed by atoms with Gasteiger partial charge in [0.1, 0.15) is 11.4 Å². The molecule has 1 aliphatic carbocycles. The number of esters is 1. The lowest BCUT2D eigenvalue weighted by Gasteiger charge is -2.16. The van der Waals surface area contributed by atoms with Gasteiger partial charge in [-0.3, -0.25) is 9.48 Å². The van der Waals surface area contributed by atoms with Gasteiger partial charge >= 0.3 is 5.97 Å². The van der Waals surface area contributed by atoms with E-state index in [0.29, 0.717) is 24.6 Å². The molecule has 2 N–H and O–H groups in total. The van der Waals surface area contributed by atoms with Crippen molar-refractivity contribution in [1.82, 2.24) is 20.0 Å². The minimum atomic E-state index is -0.123. The Morgan fingerprint density at radius 2 is 2.14 bits per heavy atom. The number of ether oxygens (including phenoxy) is 2. The van der Waals surface area contributed by atoms with E-state index in [0.717, 1.165) is 42.1 Å². The van der Waals surface area contributed by atoms with Crippen molar-refractivity contribution in [1.29, 1.82) is 0 Å². The second kappa shape index (κ2) is 8.68. The van der Waals surface area contributed by atoms with Gasteiger partial charge < -0.3 is 15.2 Å². The predicted octanol–water partition coefficient (Wildman–Crippen LogP) is 2.53. The average Bonchev–Trinajstić information content (AvgIpc) is 3.22. The van der Waals surface area contributed by atoms with E-state index >= 15 is 0 Å². The van der Waals surface area contributed by atoms with Gasteiger partial charge in [-0.05, 0) is 58.1 Å². The van der Waals surface area contributed by atoms with Crippen molar-refractivity contribution in [2.45, 2.75) is 65.2 Å². The van der Waals surface area contributed by atoms with Crippen LogP contribution in [-0.4, -0.2) is 38.2 Å². The molecule has 2 aromatic heterocycles. The number of aromatic nitrogens is 4. The van der Waals surface area contributed by atoms with Crippen LogP contribution in [0.1, 0.15) is 50.9 Å². The molecule has 0 saturated heterocycles. The van der Waals surface area contributed by atoms with E-state index in [2.05, 4.69) is 15.3 Å². The predicted molar refractivity (Wildman–Crippen MR) is 104 cm³/mol. The van der Waals surface area contributed by atoms with Crippen LogP contribution in [-0.2, 0) is 23.1 Å². The number of rotatable bonds is 7. The molecule has 0 bridgehead atoms. The van der Waals surface area contributed by atoms with Gasteiger partial charge in [0.05, 0.1) is 29.3 Å². The van der Waals surface area contributed by atoms with E-state index in [4.69, 9.17) is 15.2 Å². The van der Waals surface area contributed by atoms with Crippen molar-refractivity contribution < 1.29 is 14.3 Å².